The Bertz CT molecular complexity index is 373. The molecular weight excluding hydrogens is 232 g/mol. The van der Waals surface area contributed by atoms with Gasteiger partial charge in [-0.3, -0.25) is 5.43 Å². The number of nitrogens with one attached hydrogen (secondary N) is 1. The first-order valence-electron chi connectivity index (χ1n) is 7.68. The fourth-order valence-corrected chi connectivity index (χ4v) is 2.94. The van der Waals surface area contributed by atoms with E-state index in [-0.39, 0.29) is 0 Å². The van der Waals surface area contributed by atoms with Crippen molar-refractivity contribution in [2.24, 2.45) is 0 Å². The zero-order valence-corrected chi connectivity index (χ0v) is 12.8. The van der Waals surface area contributed by atoms with Gasteiger partial charge in [0, 0.05) is 18.6 Å². The number of piperidine rings is 1. The predicted octanol–water partition coefficient (Wildman–Crippen LogP) is 4.08. The molecule has 2 unspecified atom stereocenters. The number of hydrazine groups is 1. The highest BCUT2D eigenvalue weighted by atomic mass is 15.5. The predicted molar refractivity (Wildman–Crippen MR) is 82.0 cm³/mol. The summed E-state index contributed by atoms with van der Waals surface area (Å²) >= 11 is 0. The van der Waals surface area contributed by atoms with E-state index in [0.29, 0.717) is 18.0 Å². The van der Waals surface area contributed by atoms with Crippen molar-refractivity contribution in [2.45, 2.75) is 71.5 Å². The average molecular weight is 260 g/mol. The fraction of sp³-hybridized carbons (Fsp3) is 0.647. The van der Waals surface area contributed by atoms with Gasteiger partial charge in [-0.05, 0) is 43.7 Å². The highest BCUT2D eigenvalue weighted by Crippen LogP contribution is 2.21. The van der Waals surface area contributed by atoms with Gasteiger partial charge in [0.15, 0.2) is 0 Å². The molecule has 0 aromatic heterocycles. The van der Waals surface area contributed by atoms with Crippen molar-refractivity contribution in [3.05, 3.63) is 35.4 Å². The lowest BCUT2D eigenvalue weighted by molar-refractivity contribution is 0.0435. The standard InChI is InChI=1S/C17H28N2/c1-13(2)17-10-8-16(9-11-17)12-18-19-14(3)6-5-7-15(19)4/h8-11,13-15,18H,5-7,12H2,1-4H3. The Labute approximate surface area is 118 Å². The molecule has 19 heavy (non-hydrogen) atoms. The molecule has 2 nitrogen and oxygen atoms in total. The van der Waals surface area contributed by atoms with Crippen LogP contribution in [0.3, 0.4) is 0 Å². The molecule has 1 saturated heterocycles. The van der Waals surface area contributed by atoms with Crippen molar-refractivity contribution in [1.29, 1.82) is 0 Å². The lowest BCUT2D eigenvalue weighted by Gasteiger charge is -2.39. The van der Waals surface area contributed by atoms with Crippen LogP contribution < -0.4 is 5.43 Å². The molecule has 1 aromatic carbocycles. The SMILES string of the molecule is CC(C)c1ccc(CNN2C(C)CCCC2C)cc1. The van der Waals surface area contributed by atoms with Crippen LogP contribution in [-0.2, 0) is 6.54 Å². The number of nitrogens with zero attached hydrogens (tertiary/aromatic N) is 1. The van der Waals surface area contributed by atoms with E-state index in [1.54, 1.807) is 0 Å². The van der Waals surface area contributed by atoms with Gasteiger partial charge in [-0.2, -0.15) is 0 Å². The second-order valence-electron chi connectivity index (χ2n) is 6.27. The molecule has 0 aliphatic carbocycles. The summed E-state index contributed by atoms with van der Waals surface area (Å²) in [5.41, 5.74) is 6.41. The average Bonchev–Trinajstić information content (AvgIpc) is 2.38. The van der Waals surface area contributed by atoms with E-state index in [1.165, 1.54) is 30.4 Å². The lowest BCUT2D eigenvalue weighted by atomic mass is 9.99. The van der Waals surface area contributed by atoms with Gasteiger partial charge < -0.3 is 0 Å². The zero-order chi connectivity index (χ0) is 13.8. The van der Waals surface area contributed by atoms with Gasteiger partial charge in [0.1, 0.15) is 0 Å². The molecule has 1 heterocycles. The van der Waals surface area contributed by atoms with Gasteiger partial charge in [0.25, 0.3) is 0 Å². The van der Waals surface area contributed by atoms with E-state index in [9.17, 15) is 0 Å². The summed E-state index contributed by atoms with van der Waals surface area (Å²) in [4.78, 5) is 0. The molecule has 1 aliphatic rings. The third-order valence-corrected chi connectivity index (χ3v) is 4.31. The van der Waals surface area contributed by atoms with Gasteiger partial charge in [0.05, 0.1) is 0 Å². The number of hydrogen-bond donors (Lipinski definition) is 1. The van der Waals surface area contributed by atoms with Crippen LogP contribution in [0, 0.1) is 0 Å². The highest BCUT2D eigenvalue weighted by molar-refractivity contribution is 5.24. The smallest absolute Gasteiger partial charge is 0.0353 e. The molecular formula is C17H28N2. The van der Waals surface area contributed by atoms with Crippen molar-refractivity contribution in [1.82, 2.24) is 10.4 Å². The van der Waals surface area contributed by atoms with Crippen LogP contribution in [0.4, 0.5) is 0 Å². The van der Waals surface area contributed by atoms with Crippen LogP contribution in [0.1, 0.15) is 64.0 Å². The molecule has 2 heteroatoms. The van der Waals surface area contributed by atoms with Crippen LogP contribution in [-0.4, -0.2) is 17.1 Å². The topological polar surface area (TPSA) is 15.3 Å². The minimum Gasteiger partial charge on any atom is -0.250 e. The number of benzene rings is 1. The molecule has 2 rings (SSSR count). The lowest BCUT2D eigenvalue weighted by Crippen LogP contribution is -2.51. The van der Waals surface area contributed by atoms with Crippen molar-refractivity contribution >= 4 is 0 Å². The Morgan fingerprint density at radius 3 is 2.21 bits per heavy atom. The first kappa shape index (κ1) is 14.5. The summed E-state index contributed by atoms with van der Waals surface area (Å²) in [5, 5.41) is 2.44. The Morgan fingerprint density at radius 1 is 1.11 bits per heavy atom. The van der Waals surface area contributed by atoms with Crippen LogP contribution in [0.2, 0.25) is 0 Å². The van der Waals surface area contributed by atoms with E-state index in [0.717, 1.165) is 6.54 Å². The molecule has 0 radical (unpaired) electrons. The minimum atomic E-state index is 0.615. The van der Waals surface area contributed by atoms with Crippen LogP contribution in [0.15, 0.2) is 24.3 Å². The largest absolute Gasteiger partial charge is 0.250 e. The van der Waals surface area contributed by atoms with Crippen molar-refractivity contribution < 1.29 is 0 Å². The molecule has 1 aliphatic heterocycles. The van der Waals surface area contributed by atoms with E-state index >= 15 is 0 Å². The van der Waals surface area contributed by atoms with Crippen LogP contribution in [0.5, 0.6) is 0 Å². The number of rotatable bonds is 4. The van der Waals surface area contributed by atoms with Gasteiger partial charge in [0.2, 0.25) is 0 Å². The quantitative estimate of drug-likeness (QED) is 0.877. The summed E-state index contributed by atoms with van der Waals surface area (Å²) in [6.45, 7) is 10.1. The van der Waals surface area contributed by atoms with Gasteiger partial charge in [-0.15, -0.1) is 0 Å². The van der Waals surface area contributed by atoms with Crippen LogP contribution in [0.25, 0.3) is 0 Å². The first-order valence-corrected chi connectivity index (χ1v) is 7.68. The van der Waals surface area contributed by atoms with Crippen molar-refractivity contribution in [3.63, 3.8) is 0 Å². The summed E-state index contributed by atoms with van der Waals surface area (Å²) in [6, 6.07) is 10.3. The molecule has 0 bridgehead atoms. The normalized spacial score (nSPS) is 24.9. The highest BCUT2D eigenvalue weighted by Gasteiger charge is 2.23. The number of hydrogen-bond acceptors (Lipinski definition) is 2. The molecule has 2 atom stereocenters. The molecule has 1 aromatic rings. The second-order valence-corrected chi connectivity index (χ2v) is 6.27. The van der Waals surface area contributed by atoms with Gasteiger partial charge >= 0.3 is 0 Å². The Kier molecular flexibility index (Phi) is 5.00. The fourth-order valence-electron chi connectivity index (χ4n) is 2.94. The molecule has 1 fully saturated rings. The van der Waals surface area contributed by atoms with Gasteiger partial charge in [-0.1, -0.05) is 44.5 Å². The Balaban J connectivity index is 1.90. The minimum absolute atomic E-state index is 0.615. The van der Waals surface area contributed by atoms with Crippen molar-refractivity contribution in [2.75, 3.05) is 0 Å². The first-order chi connectivity index (χ1) is 9.08. The molecule has 0 spiro atoms. The maximum absolute atomic E-state index is 3.62. The van der Waals surface area contributed by atoms with Crippen molar-refractivity contribution in [3.8, 4) is 0 Å². The summed E-state index contributed by atoms with van der Waals surface area (Å²) in [7, 11) is 0. The van der Waals surface area contributed by atoms with E-state index in [4.69, 9.17) is 0 Å². The Hall–Kier alpha value is -0.860. The molecule has 106 valence electrons. The third kappa shape index (κ3) is 3.80. The second kappa shape index (κ2) is 6.53. The van der Waals surface area contributed by atoms with Crippen LogP contribution >= 0.6 is 0 Å². The maximum atomic E-state index is 3.62. The van der Waals surface area contributed by atoms with E-state index < -0.39 is 0 Å². The Morgan fingerprint density at radius 2 is 1.68 bits per heavy atom. The van der Waals surface area contributed by atoms with E-state index in [2.05, 4.69) is 62.4 Å². The zero-order valence-electron chi connectivity index (χ0n) is 12.8. The summed E-state index contributed by atoms with van der Waals surface area (Å²) in [5.74, 6) is 0.615. The summed E-state index contributed by atoms with van der Waals surface area (Å²) < 4.78 is 0. The third-order valence-electron chi connectivity index (χ3n) is 4.31. The monoisotopic (exact) mass is 260 g/mol. The van der Waals surface area contributed by atoms with E-state index in [1.807, 2.05) is 0 Å². The molecule has 0 amide bonds. The van der Waals surface area contributed by atoms with Gasteiger partial charge in [-0.25, -0.2) is 5.01 Å². The molecule has 1 N–H and O–H groups in total. The maximum Gasteiger partial charge on any atom is 0.0353 e. The molecule has 0 saturated carbocycles. The summed E-state index contributed by atoms with van der Waals surface area (Å²) in [6.07, 6.45) is 3.98.